The van der Waals surface area contributed by atoms with Gasteiger partial charge in [0, 0.05) is 29.7 Å². The molecule has 200 valence electrons. The largest absolute Gasteiger partial charge is 0.457 e. The molecule has 0 N–H and O–H groups in total. The summed E-state index contributed by atoms with van der Waals surface area (Å²) in [4.78, 5) is 50.4. The van der Waals surface area contributed by atoms with Gasteiger partial charge in [0.25, 0.3) is 23.6 Å². The molecule has 2 heterocycles. The van der Waals surface area contributed by atoms with Gasteiger partial charge in [-0.05, 0) is 72.1 Å². The Morgan fingerprint density at radius 1 is 0.463 bits per heavy atom. The number of hydrogen-bond donors (Lipinski definition) is 0. The van der Waals surface area contributed by atoms with Crippen molar-refractivity contribution < 1.29 is 23.9 Å². The first-order valence-corrected chi connectivity index (χ1v) is 13.0. The van der Waals surface area contributed by atoms with Gasteiger partial charge in [-0.15, -0.1) is 0 Å². The van der Waals surface area contributed by atoms with Gasteiger partial charge in [0.05, 0.1) is 11.4 Å². The highest BCUT2D eigenvalue weighted by atomic mass is 16.5. The number of amides is 4. The van der Waals surface area contributed by atoms with Crippen LogP contribution in [-0.4, -0.2) is 23.6 Å². The minimum absolute atomic E-state index is 0.353. The lowest BCUT2D eigenvalue weighted by atomic mass is 9.71. The molecular formula is C34H24N2O5. The summed E-state index contributed by atoms with van der Waals surface area (Å²) in [5, 5.41) is 0. The summed E-state index contributed by atoms with van der Waals surface area (Å²) in [7, 11) is 0. The molecule has 4 amide bonds. The van der Waals surface area contributed by atoms with Gasteiger partial charge in [-0.25, -0.2) is 9.80 Å². The van der Waals surface area contributed by atoms with Crippen LogP contribution in [0.5, 0.6) is 11.5 Å². The van der Waals surface area contributed by atoms with Crippen LogP contribution in [0.3, 0.4) is 0 Å². The molecular weight excluding hydrogens is 516 g/mol. The molecule has 4 aromatic rings. The molecule has 0 saturated carbocycles. The summed E-state index contributed by atoms with van der Waals surface area (Å²) in [5.41, 5.74) is 3.55. The Balaban J connectivity index is 1.26. The monoisotopic (exact) mass is 540 g/mol. The van der Waals surface area contributed by atoms with Crippen molar-refractivity contribution in [1.29, 1.82) is 0 Å². The van der Waals surface area contributed by atoms with Crippen molar-refractivity contribution >= 4 is 35.0 Å². The quantitative estimate of drug-likeness (QED) is 0.222. The van der Waals surface area contributed by atoms with Gasteiger partial charge < -0.3 is 4.74 Å². The topological polar surface area (TPSA) is 84.0 Å². The second-order valence-electron chi connectivity index (χ2n) is 9.85. The molecule has 0 bridgehead atoms. The van der Waals surface area contributed by atoms with Gasteiger partial charge in [0.15, 0.2) is 0 Å². The number of rotatable bonds is 7. The second-order valence-corrected chi connectivity index (χ2v) is 9.85. The first-order valence-electron chi connectivity index (χ1n) is 13.0. The predicted molar refractivity (Wildman–Crippen MR) is 155 cm³/mol. The second kappa shape index (κ2) is 10.2. The van der Waals surface area contributed by atoms with Gasteiger partial charge in [0.1, 0.15) is 11.5 Å². The SMILES string of the molecule is CC(c1ccccc1)(c1ccc(Oc2ccc(N3C(=O)C=CC3=O)cc2)cc1)c1ccc(N2C(=O)C=CC2=O)cc1. The van der Waals surface area contributed by atoms with Gasteiger partial charge in [-0.1, -0.05) is 54.6 Å². The van der Waals surface area contributed by atoms with Gasteiger partial charge in [-0.2, -0.15) is 0 Å². The molecule has 1 unspecified atom stereocenters. The van der Waals surface area contributed by atoms with E-state index in [-0.39, 0.29) is 23.6 Å². The van der Waals surface area contributed by atoms with Crippen LogP contribution in [0.25, 0.3) is 0 Å². The Morgan fingerprint density at radius 2 is 0.805 bits per heavy atom. The molecule has 1 atom stereocenters. The lowest BCUT2D eigenvalue weighted by molar-refractivity contribution is -0.121. The highest BCUT2D eigenvalue weighted by molar-refractivity contribution is 6.28. The number of carbonyl (C=O) groups excluding carboxylic acids is 4. The molecule has 0 fully saturated rings. The molecule has 0 spiro atoms. The van der Waals surface area contributed by atoms with Gasteiger partial charge in [0.2, 0.25) is 0 Å². The maximum Gasteiger partial charge on any atom is 0.258 e. The predicted octanol–water partition coefficient (Wildman–Crippen LogP) is 5.69. The molecule has 6 rings (SSSR count). The number of benzene rings is 4. The number of carbonyl (C=O) groups is 4. The van der Waals surface area contributed by atoms with Crippen LogP contribution in [0.1, 0.15) is 23.6 Å². The highest BCUT2D eigenvalue weighted by Gasteiger charge is 2.32. The van der Waals surface area contributed by atoms with E-state index in [1.807, 2.05) is 54.6 Å². The number of hydrogen-bond acceptors (Lipinski definition) is 5. The summed E-state index contributed by atoms with van der Waals surface area (Å²) in [5.74, 6) is -0.255. The third-order valence-corrected chi connectivity index (χ3v) is 7.43. The maximum absolute atomic E-state index is 12.2. The molecule has 0 saturated heterocycles. The Morgan fingerprint density at radius 3 is 1.24 bits per heavy atom. The minimum atomic E-state index is -0.542. The molecule has 0 aliphatic carbocycles. The lowest BCUT2D eigenvalue weighted by Crippen LogP contribution is -2.30. The van der Waals surface area contributed by atoms with Crippen LogP contribution in [-0.2, 0) is 24.6 Å². The fraction of sp³-hybridized carbons (Fsp3) is 0.0588. The molecule has 41 heavy (non-hydrogen) atoms. The van der Waals surface area contributed by atoms with Crippen LogP contribution in [0.15, 0.2) is 127 Å². The van der Waals surface area contributed by atoms with Crippen LogP contribution in [0.4, 0.5) is 11.4 Å². The molecule has 7 heteroatoms. The minimum Gasteiger partial charge on any atom is -0.457 e. The average molecular weight is 541 g/mol. The van der Waals surface area contributed by atoms with Gasteiger partial charge in [-0.3, -0.25) is 19.2 Å². The van der Waals surface area contributed by atoms with Crippen LogP contribution in [0, 0.1) is 0 Å². The normalized spacial score (nSPS) is 16.0. The van der Waals surface area contributed by atoms with E-state index in [0.717, 1.165) is 26.5 Å². The van der Waals surface area contributed by atoms with E-state index in [1.165, 1.54) is 24.3 Å². The van der Waals surface area contributed by atoms with E-state index in [1.54, 1.807) is 36.4 Å². The number of nitrogens with zero attached hydrogens (tertiary/aromatic N) is 2. The fourth-order valence-electron chi connectivity index (χ4n) is 5.18. The third-order valence-electron chi connectivity index (χ3n) is 7.43. The Kier molecular flexibility index (Phi) is 6.40. The van der Waals surface area contributed by atoms with Crippen molar-refractivity contribution in [3.05, 3.63) is 144 Å². The van der Waals surface area contributed by atoms with E-state index in [0.29, 0.717) is 22.9 Å². The summed E-state index contributed by atoms with van der Waals surface area (Å²) in [6.45, 7) is 2.13. The van der Waals surface area contributed by atoms with Gasteiger partial charge >= 0.3 is 0 Å². The number of imide groups is 2. The van der Waals surface area contributed by atoms with E-state index in [2.05, 4.69) is 19.1 Å². The first kappa shape index (κ1) is 25.7. The number of ether oxygens (including phenoxy) is 1. The molecule has 2 aliphatic rings. The average Bonchev–Trinajstić information content (AvgIpc) is 3.52. The molecule has 0 aromatic heterocycles. The van der Waals surface area contributed by atoms with Crippen molar-refractivity contribution in [3.8, 4) is 11.5 Å². The van der Waals surface area contributed by atoms with Crippen LogP contribution in [0.2, 0.25) is 0 Å². The smallest absolute Gasteiger partial charge is 0.258 e. The molecule has 4 aromatic carbocycles. The first-order chi connectivity index (χ1) is 19.8. The summed E-state index contributed by atoms with van der Waals surface area (Å²) >= 11 is 0. The number of anilines is 2. The van der Waals surface area contributed by atoms with Crippen molar-refractivity contribution in [2.75, 3.05) is 9.80 Å². The van der Waals surface area contributed by atoms with Crippen molar-refractivity contribution in [2.24, 2.45) is 0 Å². The Hall–Kier alpha value is -5.56. The molecule has 7 nitrogen and oxygen atoms in total. The van der Waals surface area contributed by atoms with Crippen LogP contribution < -0.4 is 14.5 Å². The van der Waals surface area contributed by atoms with Crippen molar-refractivity contribution in [1.82, 2.24) is 0 Å². The third kappa shape index (κ3) is 4.63. The molecule has 2 aliphatic heterocycles. The Labute approximate surface area is 236 Å². The summed E-state index contributed by atoms with van der Waals surface area (Å²) in [6, 6.07) is 32.1. The zero-order chi connectivity index (χ0) is 28.6. The maximum atomic E-state index is 12.2. The van der Waals surface area contributed by atoms with Crippen molar-refractivity contribution in [3.63, 3.8) is 0 Å². The fourth-order valence-corrected chi connectivity index (χ4v) is 5.18. The molecule has 0 radical (unpaired) electrons. The van der Waals surface area contributed by atoms with E-state index < -0.39 is 5.41 Å². The summed E-state index contributed by atoms with van der Waals surface area (Å²) in [6.07, 6.45) is 5.04. The Bertz CT molecular complexity index is 1690. The zero-order valence-corrected chi connectivity index (χ0v) is 22.1. The highest BCUT2D eigenvalue weighted by Crippen LogP contribution is 2.40. The van der Waals surface area contributed by atoms with E-state index in [9.17, 15) is 19.2 Å². The van der Waals surface area contributed by atoms with E-state index >= 15 is 0 Å². The summed E-state index contributed by atoms with van der Waals surface area (Å²) < 4.78 is 6.04. The zero-order valence-electron chi connectivity index (χ0n) is 22.1. The lowest BCUT2D eigenvalue weighted by Gasteiger charge is -2.32. The van der Waals surface area contributed by atoms with Crippen molar-refractivity contribution in [2.45, 2.75) is 12.3 Å². The van der Waals surface area contributed by atoms with E-state index in [4.69, 9.17) is 4.74 Å². The standard InChI is InChI=1S/C34H24N2O5/c1-34(23-5-3-2-4-6-23,24-7-11-26(12-8-24)35-30(37)19-20-31(35)38)25-9-15-28(16-10-25)41-29-17-13-27(14-18-29)36-32(39)21-22-33(36)40/h2-22H,1H3. The van der Waals surface area contributed by atoms with Crippen LogP contribution >= 0.6 is 0 Å².